The van der Waals surface area contributed by atoms with Crippen molar-refractivity contribution in [1.29, 1.82) is 0 Å². The first-order valence-electron chi connectivity index (χ1n) is 8.85. The number of amides is 1. The summed E-state index contributed by atoms with van der Waals surface area (Å²) >= 11 is 0. The maximum Gasteiger partial charge on any atom is 0.222 e. The molecule has 2 bridgehead atoms. The second kappa shape index (κ2) is 8.72. The van der Waals surface area contributed by atoms with Crippen molar-refractivity contribution in [3.8, 4) is 5.75 Å². The quantitative estimate of drug-likeness (QED) is 0.853. The van der Waals surface area contributed by atoms with E-state index in [0.29, 0.717) is 37.6 Å². The zero-order valence-electron chi connectivity index (χ0n) is 14.7. The number of benzene rings is 1. The Hall–Kier alpha value is -1.26. The molecule has 2 atom stereocenters. The Morgan fingerprint density at radius 2 is 1.83 bits per heavy atom. The summed E-state index contributed by atoms with van der Waals surface area (Å²) in [4.78, 5) is 14.4. The van der Waals surface area contributed by atoms with Crippen LogP contribution in [0.5, 0.6) is 5.75 Å². The van der Waals surface area contributed by atoms with Crippen LogP contribution in [0, 0.1) is 5.92 Å². The second-order valence-corrected chi connectivity index (χ2v) is 7.01. The molecule has 0 radical (unpaired) electrons. The molecule has 1 aromatic rings. The summed E-state index contributed by atoms with van der Waals surface area (Å²) in [7, 11) is 1.91. The molecule has 3 rings (SSSR count). The number of hydrogen-bond acceptors (Lipinski definition) is 3. The number of hydrogen-bond donors (Lipinski definition) is 1. The molecule has 1 aromatic carbocycles. The Morgan fingerprint density at radius 1 is 1.21 bits per heavy atom. The van der Waals surface area contributed by atoms with Gasteiger partial charge < -0.3 is 15.0 Å². The van der Waals surface area contributed by atoms with Crippen molar-refractivity contribution < 1.29 is 9.53 Å². The van der Waals surface area contributed by atoms with E-state index in [0.717, 1.165) is 11.3 Å². The summed E-state index contributed by atoms with van der Waals surface area (Å²) in [5.41, 5.74) is 1.15. The molecule has 0 aromatic heterocycles. The minimum Gasteiger partial charge on any atom is -0.494 e. The minimum absolute atomic E-state index is 0. The van der Waals surface area contributed by atoms with Crippen molar-refractivity contribution in [2.24, 2.45) is 5.92 Å². The van der Waals surface area contributed by atoms with Crippen LogP contribution in [0.25, 0.3) is 0 Å². The molecule has 2 heterocycles. The van der Waals surface area contributed by atoms with Gasteiger partial charge in [-0.25, -0.2) is 0 Å². The smallest absolute Gasteiger partial charge is 0.222 e. The van der Waals surface area contributed by atoms with E-state index in [-0.39, 0.29) is 18.3 Å². The predicted molar refractivity (Wildman–Crippen MR) is 98.6 cm³/mol. The van der Waals surface area contributed by atoms with Gasteiger partial charge >= 0.3 is 0 Å². The average Bonchev–Trinajstić information content (AvgIpc) is 2.88. The average molecular weight is 353 g/mol. The van der Waals surface area contributed by atoms with Gasteiger partial charge in [0.25, 0.3) is 0 Å². The van der Waals surface area contributed by atoms with E-state index in [9.17, 15) is 4.79 Å². The molecule has 2 saturated heterocycles. The van der Waals surface area contributed by atoms with Gasteiger partial charge in [-0.3, -0.25) is 4.79 Å². The van der Waals surface area contributed by atoms with Crippen LogP contribution in [0.1, 0.15) is 44.6 Å². The predicted octanol–water partition coefficient (Wildman–Crippen LogP) is 3.39. The molecule has 134 valence electrons. The molecule has 24 heavy (non-hydrogen) atoms. The fourth-order valence-electron chi connectivity index (χ4n) is 3.96. The first kappa shape index (κ1) is 19.1. The first-order chi connectivity index (χ1) is 11.1. The zero-order valence-corrected chi connectivity index (χ0v) is 15.5. The normalized spacial score (nSPS) is 25.0. The number of nitrogens with zero attached hydrogens (tertiary/aromatic N) is 1. The number of fused-ring (bicyclic) bond motifs is 2. The standard InChI is InChI=1S/C19H28N2O2.ClH/c1-3-23-18-8-4-14(5-9-18)13-21(2)19(22)12-15-10-16-6-7-17(11-15)20-16;/h4-5,8-9,15-17,20H,3,6-7,10-13H2,1-2H3;1H. The molecule has 4 nitrogen and oxygen atoms in total. The van der Waals surface area contributed by atoms with Crippen molar-refractivity contribution in [2.75, 3.05) is 13.7 Å². The highest BCUT2D eigenvalue weighted by Crippen LogP contribution is 2.33. The molecule has 1 amide bonds. The molecular formula is C19H29ClN2O2. The molecule has 0 aliphatic carbocycles. The number of ether oxygens (including phenoxy) is 1. The van der Waals surface area contributed by atoms with Gasteiger partial charge in [-0.15, -0.1) is 12.4 Å². The van der Waals surface area contributed by atoms with Crippen LogP contribution in [0.2, 0.25) is 0 Å². The lowest BCUT2D eigenvalue weighted by Crippen LogP contribution is -2.39. The van der Waals surface area contributed by atoms with Crippen molar-refractivity contribution in [3.63, 3.8) is 0 Å². The van der Waals surface area contributed by atoms with E-state index < -0.39 is 0 Å². The lowest BCUT2D eigenvalue weighted by Gasteiger charge is -2.30. The molecule has 5 heteroatoms. The van der Waals surface area contributed by atoms with Crippen LogP contribution < -0.4 is 10.1 Å². The molecule has 2 aliphatic heterocycles. The van der Waals surface area contributed by atoms with Gasteiger partial charge in [-0.05, 0) is 56.2 Å². The molecule has 2 unspecified atom stereocenters. The molecule has 2 aliphatic rings. The van der Waals surface area contributed by atoms with Gasteiger partial charge in [0.2, 0.25) is 5.91 Å². The van der Waals surface area contributed by atoms with Gasteiger partial charge in [0.1, 0.15) is 5.75 Å². The third kappa shape index (κ3) is 4.87. The Kier molecular flexibility index (Phi) is 6.93. The van der Waals surface area contributed by atoms with Crippen LogP contribution >= 0.6 is 12.4 Å². The van der Waals surface area contributed by atoms with E-state index >= 15 is 0 Å². The SMILES string of the molecule is CCOc1ccc(CN(C)C(=O)CC2CC3CCC(C2)N3)cc1.Cl. The largest absolute Gasteiger partial charge is 0.494 e. The maximum atomic E-state index is 12.5. The number of halogens is 1. The zero-order chi connectivity index (χ0) is 16.2. The van der Waals surface area contributed by atoms with Crippen LogP contribution in [0.15, 0.2) is 24.3 Å². The molecule has 2 fully saturated rings. The van der Waals surface area contributed by atoms with Crippen LogP contribution in [0.3, 0.4) is 0 Å². The summed E-state index contributed by atoms with van der Waals surface area (Å²) in [6.07, 6.45) is 5.61. The summed E-state index contributed by atoms with van der Waals surface area (Å²) in [6.45, 7) is 3.33. The van der Waals surface area contributed by atoms with Gasteiger partial charge in [0.15, 0.2) is 0 Å². The van der Waals surface area contributed by atoms with Crippen LogP contribution in [0.4, 0.5) is 0 Å². The van der Waals surface area contributed by atoms with E-state index in [2.05, 4.69) is 5.32 Å². The molecule has 0 saturated carbocycles. The topological polar surface area (TPSA) is 41.6 Å². The van der Waals surface area contributed by atoms with Gasteiger partial charge in [0, 0.05) is 32.1 Å². The van der Waals surface area contributed by atoms with Gasteiger partial charge in [-0.1, -0.05) is 12.1 Å². The van der Waals surface area contributed by atoms with E-state index in [1.807, 2.05) is 43.1 Å². The van der Waals surface area contributed by atoms with Gasteiger partial charge in [0.05, 0.1) is 6.61 Å². The summed E-state index contributed by atoms with van der Waals surface area (Å²) in [5.74, 6) is 1.71. The fraction of sp³-hybridized carbons (Fsp3) is 0.632. The number of carbonyl (C=O) groups excluding carboxylic acids is 1. The lowest BCUT2D eigenvalue weighted by molar-refractivity contribution is -0.131. The number of rotatable bonds is 6. The van der Waals surface area contributed by atoms with Crippen LogP contribution in [-0.4, -0.2) is 36.5 Å². The van der Waals surface area contributed by atoms with Crippen molar-refractivity contribution >= 4 is 18.3 Å². The van der Waals surface area contributed by atoms with E-state index in [4.69, 9.17) is 4.74 Å². The minimum atomic E-state index is 0. The summed E-state index contributed by atoms with van der Waals surface area (Å²) in [5, 5.41) is 3.64. The second-order valence-electron chi connectivity index (χ2n) is 7.01. The highest BCUT2D eigenvalue weighted by molar-refractivity contribution is 5.85. The fourth-order valence-corrected chi connectivity index (χ4v) is 3.96. The first-order valence-corrected chi connectivity index (χ1v) is 8.85. The van der Waals surface area contributed by atoms with Crippen molar-refractivity contribution in [2.45, 2.75) is 57.7 Å². The highest BCUT2D eigenvalue weighted by Gasteiger charge is 2.34. The number of piperidine rings is 1. The third-order valence-corrected chi connectivity index (χ3v) is 5.11. The Bertz CT molecular complexity index is 523. The molecule has 0 spiro atoms. The van der Waals surface area contributed by atoms with E-state index in [1.54, 1.807) is 0 Å². The van der Waals surface area contributed by atoms with Crippen molar-refractivity contribution in [3.05, 3.63) is 29.8 Å². The Balaban J connectivity index is 0.00000208. The molecular weight excluding hydrogens is 324 g/mol. The van der Waals surface area contributed by atoms with Crippen LogP contribution in [-0.2, 0) is 11.3 Å². The highest BCUT2D eigenvalue weighted by atomic mass is 35.5. The maximum absolute atomic E-state index is 12.5. The van der Waals surface area contributed by atoms with Crippen molar-refractivity contribution in [1.82, 2.24) is 10.2 Å². The number of carbonyl (C=O) groups is 1. The van der Waals surface area contributed by atoms with Gasteiger partial charge in [-0.2, -0.15) is 0 Å². The van der Waals surface area contributed by atoms with E-state index in [1.165, 1.54) is 25.7 Å². The summed E-state index contributed by atoms with van der Waals surface area (Å²) < 4.78 is 5.45. The third-order valence-electron chi connectivity index (χ3n) is 5.11. The summed E-state index contributed by atoms with van der Waals surface area (Å²) in [6, 6.07) is 9.34. The monoisotopic (exact) mass is 352 g/mol. The molecule has 1 N–H and O–H groups in total. The lowest BCUT2D eigenvalue weighted by atomic mass is 9.89. The Morgan fingerprint density at radius 3 is 2.42 bits per heavy atom. The number of nitrogens with one attached hydrogen (secondary N) is 1. The Labute approximate surface area is 151 Å².